The number of likely N-dealkylation sites (N-methyl/N-ethyl adjacent to an activating group) is 1. The van der Waals surface area contributed by atoms with Crippen molar-refractivity contribution in [1.29, 1.82) is 0 Å². The van der Waals surface area contributed by atoms with Gasteiger partial charge in [0.1, 0.15) is 5.75 Å². The molecule has 0 spiro atoms. The first kappa shape index (κ1) is 17.7. The lowest BCUT2D eigenvalue weighted by molar-refractivity contribution is 0.313. The molecule has 2 aromatic heterocycles. The van der Waals surface area contributed by atoms with Gasteiger partial charge in [-0.25, -0.2) is 9.50 Å². The molecule has 0 saturated carbocycles. The Morgan fingerprint density at radius 2 is 1.93 bits per heavy atom. The number of para-hydroxylation sites is 1. The van der Waals surface area contributed by atoms with Crippen molar-refractivity contribution in [3.63, 3.8) is 0 Å². The number of fused-ring (bicyclic) bond motifs is 2. The number of aromatic nitrogens is 3. The smallest absolute Gasteiger partial charge is 0.245 e. The quantitative estimate of drug-likeness (QED) is 0.572. The summed E-state index contributed by atoms with van der Waals surface area (Å²) in [5.74, 6) is 1.38. The molecule has 0 radical (unpaired) electrons. The zero-order valence-corrected chi connectivity index (χ0v) is 16.6. The number of nitrogens with zero attached hydrogens (tertiary/aromatic N) is 4. The normalized spacial score (nSPS) is 14.0. The molecule has 5 rings (SSSR count). The number of hydrogen-bond donors (Lipinski definition) is 1. The molecule has 3 heterocycles. The number of hydrogen-bond acceptors (Lipinski definition) is 5. The van der Waals surface area contributed by atoms with Crippen LogP contribution in [0.15, 0.2) is 60.8 Å². The minimum Gasteiger partial charge on any atom is -0.496 e. The summed E-state index contributed by atoms with van der Waals surface area (Å²) < 4.78 is 7.43. The molecule has 1 aliphatic rings. The first-order valence-corrected chi connectivity index (χ1v) is 9.77. The van der Waals surface area contributed by atoms with Crippen molar-refractivity contribution in [3.8, 4) is 17.0 Å². The Morgan fingerprint density at radius 1 is 1.03 bits per heavy atom. The van der Waals surface area contributed by atoms with E-state index in [9.17, 15) is 0 Å². The van der Waals surface area contributed by atoms with E-state index < -0.39 is 0 Å². The number of anilines is 2. The zero-order valence-electron chi connectivity index (χ0n) is 16.6. The van der Waals surface area contributed by atoms with Crippen molar-refractivity contribution in [3.05, 3.63) is 71.9 Å². The van der Waals surface area contributed by atoms with Gasteiger partial charge < -0.3 is 15.0 Å². The van der Waals surface area contributed by atoms with Crippen molar-refractivity contribution in [2.24, 2.45) is 0 Å². The van der Waals surface area contributed by atoms with Crippen molar-refractivity contribution >= 4 is 17.2 Å². The molecule has 1 N–H and O–H groups in total. The van der Waals surface area contributed by atoms with Crippen LogP contribution in [0.2, 0.25) is 0 Å². The fraction of sp³-hybridized carbons (Fsp3) is 0.217. The summed E-state index contributed by atoms with van der Waals surface area (Å²) in [6, 6.07) is 18.5. The summed E-state index contributed by atoms with van der Waals surface area (Å²) >= 11 is 0. The first-order valence-electron chi connectivity index (χ1n) is 9.77. The molecule has 0 saturated heterocycles. The molecular formula is C23H23N5O. The van der Waals surface area contributed by atoms with Crippen LogP contribution in [-0.4, -0.2) is 40.2 Å². The molecule has 146 valence electrons. The highest BCUT2D eigenvalue weighted by Crippen LogP contribution is 2.31. The van der Waals surface area contributed by atoms with Gasteiger partial charge in [-0.05, 0) is 61.0 Å². The van der Waals surface area contributed by atoms with Crippen LogP contribution < -0.4 is 10.1 Å². The topological polar surface area (TPSA) is 54.7 Å². The molecule has 0 bridgehead atoms. The summed E-state index contributed by atoms with van der Waals surface area (Å²) in [4.78, 5) is 6.84. The van der Waals surface area contributed by atoms with Crippen molar-refractivity contribution < 1.29 is 4.74 Å². The summed E-state index contributed by atoms with van der Waals surface area (Å²) in [7, 11) is 3.84. The van der Waals surface area contributed by atoms with Crippen LogP contribution in [0, 0.1) is 0 Å². The third-order valence-electron chi connectivity index (χ3n) is 5.45. The predicted molar refractivity (Wildman–Crippen MR) is 115 cm³/mol. The van der Waals surface area contributed by atoms with Gasteiger partial charge in [0.15, 0.2) is 0 Å². The van der Waals surface area contributed by atoms with Gasteiger partial charge in [-0.1, -0.05) is 18.2 Å². The maximum absolute atomic E-state index is 5.53. The van der Waals surface area contributed by atoms with Gasteiger partial charge in [0.2, 0.25) is 5.95 Å². The van der Waals surface area contributed by atoms with Gasteiger partial charge in [0.25, 0.3) is 0 Å². The molecular weight excluding hydrogens is 362 g/mol. The lowest BCUT2D eigenvalue weighted by Crippen LogP contribution is -2.26. The minimum absolute atomic E-state index is 0.564. The Morgan fingerprint density at radius 3 is 2.83 bits per heavy atom. The van der Waals surface area contributed by atoms with Crippen LogP contribution >= 0.6 is 0 Å². The monoisotopic (exact) mass is 385 g/mol. The molecule has 0 atom stereocenters. The Labute approximate surface area is 169 Å². The van der Waals surface area contributed by atoms with Crippen LogP contribution in [-0.2, 0) is 13.0 Å². The minimum atomic E-state index is 0.564. The van der Waals surface area contributed by atoms with Crippen molar-refractivity contribution in [2.45, 2.75) is 13.0 Å². The lowest BCUT2D eigenvalue weighted by atomic mass is 9.99. The van der Waals surface area contributed by atoms with E-state index in [0.29, 0.717) is 5.95 Å². The number of ether oxygens (including phenoxy) is 1. The Kier molecular flexibility index (Phi) is 4.41. The highest BCUT2D eigenvalue weighted by molar-refractivity contribution is 5.72. The summed E-state index contributed by atoms with van der Waals surface area (Å²) in [6.07, 6.45) is 2.93. The Bertz CT molecular complexity index is 1180. The number of methoxy groups -OCH3 is 1. The van der Waals surface area contributed by atoms with E-state index in [2.05, 4.69) is 40.4 Å². The van der Waals surface area contributed by atoms with Gasteiger partial charge in [-0.2, -0.15) is 0 Å². The SMILES string of the molecule is COc1ccccc1-c1ccc2cnc(Nc3ccc4c(c3)CN(C)CC4)nn12. The first-order chi connectivity index (χ1) is 14.2. The average Bonchev–Trinajstić information content (AvgIpc) is 3.16. The van der Waals surface area contributed by atoms with Crippen LogP contribution in [0.1, 0.15) is 11.1 Å². The van der Waals surface area contributed by atoms with Gasteiger partial charge >= 0.3 is 0 Å². The molecule has 4 aromatic rings. The van der Waals surface area contributed by atoms with E-state index in [-0.39, 0.29) is 0 Å². The fourth-order valence-electron chi connectivity index (χ4n) is 3.92. The summed E-state index contributed by atoms with van der Waals surface area (Å²) in [6.45, 7) is 2.08. The second-order valence-electron chi connectivity index (χ2n) is 7.43. The third kappa shape index (κ3) is 3.32. The standard InChI is InChI=1S/C23H23N5O/c1-27-12-11-16-7-8-18(13-17(16)15-27)25-23-24-14-19-9-10-21(28(19)26-23)20-5-3-4-6-22(20)29-2/h3-10,13-14H,11-12,15H2,1-2H3,(H,25,26). The second kappa shape index (κ2) is 7.22. The Hall–Kier alpha value is -3.38. The number of rotatable bonds is 4. The lowest BCUT2D eigenvalue weighted by Gasteiger charge is -2.25. The molecule has 6 heteroatoms. The van der Waals surface area contributed by atoms with Crippen LogP contribution in [0.3, 0.4) is 0 Å². The van der Waals surface area contributed by atoms with Crippen LogP contribution in [0.25, 0.3) is 16.8 Å². The molecule has 29 heavy (non-hydrogen) atoms. The number of benzene rings is 2. The molecule has 1 aliphatic heterocycles. The fourth-order valence-corrected chi connectivity index (χ4v) is 3.92. The second-order valence-corrected chi connectivity index (χ2v) is 7.43. The maximum Gasteiger partial charge on any atom is 0.245 e. The highest BCUT2D eigenvalue weighted by atomic mass is 16.5. The van der Waals surface area contributed by atoms with E-state index in [4.69, 9.17) is 9.84 Å². The predicted octanol–water partition coefficient (Wildman–Crippen LogP) is 4.14. The molecule has 0 unspecified atom stereocenters. The maximum atomic E-state index is 5.53. The van der Waals surface area contributed by atoms with Gasteiger partial charge in [0.05, 0.1) is 24.5 Å². The Balaban J connectivity index is 1.50. The van der Waals surface area contributed by atoms with Gasteiger partial charge in [0, 0.05) is 24.3 Å². The summed E-state index contributed by atoms with van der Waals surface area (Å²) in [5, 5.41) is 8.10. The number of nitrogens with one attached hydrogen (secondary N) is 1. The zero-order chi connectivity index (χ0) is 19.8. The molecule has 6 nitrogen and oxygen atoms in total. The average molecular weight is 385 g/mol. The molecule has 0 amide bonds. The van der Waals surface area contributed by atoms with Crippen LogP contribution in [0.5, 0.6) is 5.75 Å². The van der Waals surface area contributed by atoms with Crippen LogP contribution in [0.4, 0.5) is 11.6 Å². The third-order valence-corrected chi connectivity index (χ3v) is 5.45. The molecule has 0 aliphatic carbocycles. The van der Waals surface area contributed by atoms with E-state index in [1.807, 2.05) is 47.1 Å². The van der Waals surface area contributed by atoms with Gasteiger partial charge in [-0.15, -0.1) is 5.10 Å². The van der Waals surface area contributed by atoms with E-state index in [1.54, 1.807) is 7.11 Å². The van der Waals surface area contributed by atoms with Crippen molar-refractivity contribution in [2.75, 3.05) is 26.0 Å². The van der Waals surface area contributed by atoms with E-state index in [0.717, 1.165) is 47.7 Å². The highest BCUT2D eigenvalue weighted by Gasteiger charge is 2.14. The van der Waals surface area contributed by atoms with E-state index >= 15 is 0 Å². The molecule has 0 fully saturated rings. The largest absolute Gasteiger partial charge is 0.496 e. The summed E-state index contributed by atoms with van der Waals surface area (Å²) in [5.41, 5.74) is 6.69. The van der Waals surface area contributed by atoms with Crippen molar-refractivity contribution in [1.82, 2.24) is 19.5 Å². The van der Waals surface area contributed by atoms with E-state index in [1.165, 1.54) is 11.1 Å². The molecule has 2 aromatic carbocycles. The van der Waals surface area contributed by atoms with Gasteiger partial charge in [-0.3, -0.25) is 0 Å².